The van der Waals surface area contributed by atoms with Crippen molar-refractivity contribution < 1.29 is 19.1 Å². The van der Waals surface area contributed by atoms with Crippen molar-refractivity contribution >= 4 is 35.0 Å². The summed E-state index contributed by atoms with van der Waals surface area (Å²) in [4.78, 5) is 30.1. The smallest absolute Gasteiger partial charge is 0.339 e. The quantitative estimate of drug-likeness (QED) is 0.827. The van der Waals surface area contributed by atoms with Gasteiger partial charge in [0, 0.05) is 30.5 Å². The number of morpholine rings is 1. The predicted octanol–water partition coefficient (Wildman–Crippen LogP) is 2.61. The average molecular weight is 376 g/mol. The van der Waals surface area contributed by atoms with Gasteiger partial charge in [0.15, 0.2) is 5.82 Å². The van der Waals surface area contributed by atoms with Crippen LogP contribution in [0.25, 0.3) is 0 Å². The minimum atomic E-state index is -0.545. The van der Waals surface area contributed by atoms with Crippen LogP contribution in [-0.4, -0.2) is 50.3 Å². The molecule has 0 atom stereocenters. The summed E-state index contributed by atoms with van der Waals surface area (Å²) in [5.41, 5.74) is 1.74. The number of nitrogens with zero attached hydrogens (tertiary/aromatic N) is 2. The Morgan fingerprint density at radius 2 is 1.88 bits per heavy atom. The molecule has 0 bridgehead atoms. The third-order valence-corrected chi connectivity index (χ3v) is 4.29. The summed E-state index contributed by atoms with van der Waals surface area (Å²) in [7, 11) is 1.27. The van der Waals surface area contributed by atoms with Gasteiger partial charge in [-0.05, 0) is 30.3 Å². The van der Waals surface area contributed by atoms with E-state index in [0.717, 1.165) is 18.8 Å². The Morgan fingerprint density at radius 3 is 2.50 bits per heavy atom. The van der Waals surface area contributed by atoms with Crippen LogP contribution in [0.2, 0.25) is 5.02 Å². The lowest BCUT2D eigenvalue weighted by atomic mass is 10.1. The fraction of sp³-hybridized carbons (Fsp3) is 0.278. The summed E-state index contributed by atoms with van der Waals surface area (Å²) in [6.07, 6.45) is 1.30. The predicted molar refractivity (Wildman–Crippen MR) is 98.0 cm³/mol. The third-order valence-electron chi connectivity index (χ3n) is 4.00. The number of ether oxygens (including phenoxy) is 2. The minimum Gasteiger partial charge on any atom is -0.465 e. The number of hydrogen-bond donors (Lipinski definition) is 1. The van der Waals surface area contributed by atoms with Gasteiger partial charge in [-0.15, -0.1) is 0 Å². The number of carbonyl (C=O) groups excluding carboxylic acids is 2. The van der Waals surface area contributed by atoms with Gasteiger partial charge in [0.2, 0.25) is 0 Å². The Labute approximate surface area is 155 Å². The van der Waals surface area contributed by atoms with Crippen LogP contribution in [0.1, 0.15) is 20.7 Å². The van der Waals surface area contributed by atoms with Gasteiger partial charge in [-0.25, -0.2) is 9.78 Å². The maximum atomic E-state index is 12.4. The number of anilines is 2. The lowest BCUT2D eigenvalue weighted by Gasteiger charge is -2.28. The van der Waals surface area contributed by atoms with E-state index in [4.69, 9.17) is 16.3 Å². The molecular formula is C18H18ClN3O4. The Morgan fingerprint density at radius 1 is 1.19 bits per heavy atom. The molecule has 8 heteroatoms. The summed E-state index contributed by atoms with van der Waals surface area (Å²) in [6.45, 7) is 3.07. The molecule has 2 heterocycles. The highest BCUT2D eigenvalue weighted by atomic mass is 35.5. The highest BCUT2D eigenvalue weighted by Crippen LogP contribution is 2.22. The number of nitrogens with one attached hydrogen (secondary N) is 1. The first-order valence-electron chi connectivity index (χ1n) is 8.06. The highest BCUT2D eigenvalue weighted by Gasteiger charge is 2.15. The largest absolute Gasteiger partial charge is 0.465 e. The maximum Gasteiger partial charge on any atom is 0.339 e. The second-order valence-electron chi connectivity index (χ2n) is 5.65. The van der Waals surface area contributed by atoms with E-state index in [-0.39, 0.29) is 22.3 Å². The van der Waals surface area contributed by atoms with Crippen LogP contribution in [0.5, 0.6) is 0 Å². The molecule has 0 spiro atoms. The number of amides is 1. The molecule has 0 saturated carbocycles. The molecule has 1 aromatic heterocycles. The van der Waals surface area contributed by atoms with E-state index in [9.17, 15) is 9.59 Å². The summed E-state index contributed by atoms with van der Waals surface area (Å²) in [6, 6.07) is 8.69. The summed E-state index contributed by atoms with van der Waals surface area (Å²) >= 11 is 6.09. The van der Waals surface area contributed by atoms with Gasteiger partial charge in [-0.1, -0.05) is 11.6 Å². The van der Waals surface area contributed by atoms with Gasteiger partial charge in [-0.3, -0.25) is 4.79 Å². The van der Waals surface area contributed by atoms with E-state index in [1.165, 1.54) is 19.4 Å². The molecule has 1 fully saturated rings. The van der Waals surface area contributed by atoms with Crippen LogP contribution in [0.4, 0.5) is 11.5 Å². The number of carbonyl (C=O) groups is 2. The number of aromatic nitrogens is 1. The first-order chi connectivity index (χ1) is 12.6. The highest BCUT2D eigenvalue weighted by molar-refractivity contribution is 6.33. The number of rotatable bonds is 4. The van der Waals surface area contributed by atoms with Crippen molar-refractivity contribution in [3.63, 3.8) is 0 Å². The lowest BCUT2D eigenvalue weighted by Crippen LogP contribution is -2.36. The third kappa shape index (κ3) is 4.12. The number of halogens is 1. The number of methoxy groups -OCH3 is 1. The van der Waals surface area contributed by atoms with Gasteiger partial charge in [0.05, 0.1) is 30.9 Å². The van der Waals surface area contributed by atoms with Gasteiger partial charge in [0.1, 0.15) is 0 Å². The van der Waals surface area contributed by atoms with Crippen LogP contribution in [0.15, 0.2) is 36.5 Å². The molecule has 136 valence electrons. The second kappa shape index (κ2) is 8.16. The monoisotopic (exact) mass is 375 g/mol. The molecule has 0 radical (unpaired) electrons. The summed E-state index contributed by atoms with van der Waals surface area (Å²) in [5.74, 6) is -0.698. The first kappa shape index (κ1) is 18.2. The Hall–Kier alpha value is -2.64. The SMILES string of the molecule is COC(=O)c1cnc(NC(=O)c2ccc(N3CCOCC3)cc2)c(Cl)c1. The molecule has 1 saturated heterocycles. The number of hydrogen-bond acceptors (Lipinski definition) is 6. The average Bonchev–Trinajstić information content (AvgIpc) is 2.69. The summed E-state index contributed by atoms with van der Waals surface area (Å²) < 4.78 is 9.94. The normalized spacial score (nSPS) is 14.0. The Balaban J connectivity index is 1.69. The fourth-order valence-electron chi connectivity index (χ4n) is 2.58. The Kier molecular flexibility index (Phi) is 5.70. The molecule has 7 nitrogen and oxygen atoms in total. The van der Waals surface area contributed by atoms with Gasteiger partial charge in [-0.2, -0.15) is 0 Å². The number of esters is 1. The van der Waals surface area contributed by atoms with Crippen molar-refractivity contribution in [1.29, 1.82) is 0 Å². The van der Waals surface area contributed by atoms with E-state index in [2.05, 4.69) is 19.9 Å². The zero-order chi connectivity index (χ0) is 18.5. The summed E-state index contributed by atoms with van der Waals surface area (Å²) in [5, 5.41) is 2.80. The number of pyridine rings is 1. The molecule has 1 N–H and O–H groups in total. The molecular weight excluding hydrogens is 358 g/mol. The van der Waals surface area contributed by atoms with Crippen molar-refractivity contribution in [3.8, 4) is 0 Å². The van der Waals surface area contributed by atoms with Crippen molar-refractivity contribution in [2.75, 3.05) is 43.6 Å². The van der Waals surface area contributed by atoms with E-state index in [1.54, 1.807) is 12.1 Å². The van der Waals surface area contributed by atoms with Crippen LogP contribution in [0.3, 0.4) is 0 Å². The molecule has 1 amide bonds. The Bertz CT molecular complexity index is 805. The van der Waals surface area contributed by atoms with Crippen LogP contribution in [-0.2, 0) is 9.47 Å². The molecule has 3 rings (SSSR count). The van der Waals surface area contributed by atoms with Crippen molar-refractivity contribution in [2.45, 2.75) is 0 Å². The lowest BCUT2D eigenvalue weighted by molar-refractivity contribution is 0.0600. The van der Waals surface area contributed by atoms with E-state index >= 15 is 0 Å². The van der Waals surface area contributed by atoms with Gasteiger partial charge >= 0.3 is 5.97 Å². The van der Waals surface area contributed by atoms with Crippen LogP contribution < -0.4 is 10.2 Å². The van der Waals surface area contributed by atoms with Gasteiger partial charge in [0.25, 0.3) is 5.91 Å². The molecule has 1 aromatic carbocycles. The van der Waals surface area contributed by atoms with Crippen molar-refractivity contribution in [1.82, 2.24) is 4.98 Å². The molecule has 26 heavy (non-hydrogen) atoms. The van der Waals surface area contributed by atoms with Crippen molar-refractivity contribution in [2.24, 2.45) is 0 Å². The zero-order valence-corrected chi connectivity index (χ0v) is 15.0. The number of benzene rings is 1. The molecule has 2 aromatic rings. The maximum absolute atomic E-state index is 12.4. The molecule has 0 unspecified atom stereocenters. The van der Waals surface area contributed by atoms with E-state index in [0.29, 0.717) is 18.8 Å². The fourth-order valence-corrected chi connectivity index (χ4v) is 2.80. The van der Waals surface area contributed by atoms with E-state index < -0.39 is 5.97 Å². The zero-order valence-electron chi connectivity index (χ0n) is 14.2. The molecule has 1 aliphatic heterocycles. The first-order valence-corrected chi connectivity index (χ1v) is 8.44. The van der Waals surface area contributed by atoms with Crippen LogP contribution >= 0.6 is 11.6 Å². The molecule has 0 aliphatic carbocycles. The van der Waals surface area contributed by atoms with Crippen molar-refractivity contribution in [3.05, 3.63) is 52.7 Å². The molecule has 1 aliphatic rings. The van der Waals surface area contributed by atoms with Crippen LogP contribution in [0, 0.1) is 0 Å². The van der Waals surface area contributed by atoms with Gasteiger partial charge < -0.3 is 19.7 Å². The standard InChI is InChI=1S/C18H18ClN3O4/c1-25-18(24)13-10-15(19)16(20-11-13)21-17(23)12-2-4-14(5-3-12)22-6-8-26-9-7-22/h2-5,10-11H,6-9H2,1H3,(H,20,21,23). The minimum absolute atomic E-state index is 0.159. The second-order valence-corrected chi connectivity index (χ2v) is 6.05. The topological polar surface area (TPSA) is 80.8 Å². The van der Waals surface area contributed by atoms with E-state index in [1.807, 2.05) is 12.1 Å².